The molecule has 27 heavy (non-hydrogen) atoms. The first-order valence-corrected chi connectivity index (χ1v) is 8.21. The van der Waals surface area contributed by atoms with Crippen molar-refractivity contribution in [3.63, 3.8) is 0 Å². The van der Waals surface area contributed by atoms with Crippen LogP contribution >= 0.6 is 0 Å². The summed E-state index contributed by atoms with van der Waals surface area (Å²) in [4.78, 5) is 0. The van der Waals surface area contributed by atoms with Crippen molar-refractivity contribution in [2.45, 2.75) is 25.7 Å². The summed E-state index contributed by atoms with van der Waals surface area (Å²) in [5.41, 5.74) is -3.41. The summed E-state index contributed by atoms with van der Waals surface area (Å²) in [6, 6.07) is 11.0. The first-order valence-electron chi connectivity index (χ1n) is 8.21. The van der Waals surface area contributed by atoms with E-state index in [0.29, 0.717) is 17.1 Å². The summed E-state index contributed by atoms with van der Waals surface area (Å²) in [7, 11) is 2.95. The summed E-state index contributed by atoms with van der Waals surface area (Å²) < 4.78 is 22.4. The number of fused-ring (bicyclic) bond motifs is 3. The second-order valence-corrected chi connectivity index (χ2v) is 6.73. The van der Waals surface area contributed by atoms with Crippen LogP contribution in [0.15, 0.2) is 18.2 Å². The molecule has 8 nitrogen and oxygen atoms in total. The molecule has 3 aliphatic heterocycles. The first-order chi connectivity index (χ1) is 12.8. The average molecular weight is 366 g/mol. The third-order valence-electron chi connectivity index (χ3n) is 5.71. The predicted octanol–water partition coefficient (Wildman–Crippen LogP) is 2.68. The Hall–Kier alpha value is -3.28. The lowest BCUT2D eigenvalue weighted by atomic mass is 9.51. The van der Waals surface area contributed by atoms with Crippen LogP contribution in [0.25, 0.3) is 0 Å². The third-order valence-corrected chi connectivity index (χ3v) is 5.71. The van der Waals surface area contributed by atoms with Gasteiger partial charge in [0.15, 0.2) is 10.8 Å². The van der Waals surface area contributed by atoms with E-state index in [1.54, 1.807) is 32.0 Å². The van der Waals surface area contributed by atoms with Gasteiger partial charge in [0, 0.05) is 12.5 Å². The van der Waals surface area contributed by atoms with Crippen molar-refractivity contribution in [1.82, 2.24) is 0 Å². The molecule has 138 valence electrons. The Morgan fingerprint density at radius 1 is 1.11 bits per heavy atom. The number of methoxy groups -OCH3 is 2. The fourth-order valence-electron chi connectivity index (χ4n) is 3.99. The molecule has 3 fully saturated rings. The molecular formula is C19H18N4O4. The summed E-state index contributed by atoms with van der Waals surface area (Å²) in [5.74, 6) is -1.80. The Labute approximate surface area is 156 Å². The molecule has 0 unspecified atom stereocenters. The largest absolute Gasteiger partial charge is 0.497 e. The Morgan fingerprint density at radius 2 is 1.78 bits per heavy atom. The molecule has 8 heteroatoms. The standard InChI is InChI=1S/C19H18N4O4/c1-11-17(2)26-15(13-7-12(24-3)5-6-14(13)25-4)19(10-22,16(23)27-17)18(11,8-20)9-21/h5-7,11,15,23H,1-4H3/t11-,15-,17-,19-/m0/s1. The molecule has 1 N–H and O–H groups in total. The Bertz CT molecular complexity index is 926. The van der Waals surface area contributed by atoms with Gasteiger partial charge in [-0.25, -0.2) is 0 Å². The van der Waals surface area contributed by atoms with Crippen LogP contribution < -0.4 is 9.47 Å². The molecule has 2 bridgehead atoms. The van der Waals surface area contributed by atoms with Crippen molar-refractivity contribution in [2.24, 2.45) is 16.7 Å². The average Bonchev–Trinajstić information content (AvgIpc) is 2.68. The number of hydrogen-bond donors (Lipinski definition) is 1. The monoisotopic (exact) mass is 366 g/mol. The van der Waals surface area contributed by atoms with Gasteiger partial charge in [-0.1, -0.05) is 6.92 Å². The number of benzene rings is 1. The van der Waals surface area contributed by atoms with E-state index in [4.69, 9.17) is 24.4 Å². The van der Waals surface area contributed by atoms with Crippen molar-refractivity contribution < 1.29 is 18.9 Å². The molecule has 1 aromatic carbocycles. The Morgan fingerprint density at radius 3 is 2.30 bits per heavy atom. The van der Waals surface area contributed by atoms with Crippen LogP contribution in [-0.2, 0) is 9.47 Å². The lowest BCUT2D eigenvalue weighted by molar-refractivity contribution is -0.338. The molecule has 0 saturated carbocycles. The maximum atomic E-state index is 10.1. The van der Waals surface area contributed by atoms with Gasteiger partial charge in [-0.2, -0.15) is 15.8 Å². The molecule has 4 atom stereocenters. The van der Waals surface area contributed by atoms with Gasteiger partial charge in [0.2, 0.25) is 11.7 Å². The number of hydrogen-bond acceptors (Lipinski definition) is 8. The summed E-state index contributed by atoms with van der Waals surface area (Å²) in [6.07, 6.45) is -1.13. The molecule has 3 saturated heterocycles. The van der Waals surface area contributed by atoms with Crippen LogP contribution in [0.2, 0.25) is 0 Å². The molecule has 1 aromatic rings. The third kappa shape index (κ3) is 2.01. The van der Waals surface area contributed by atoms with Crippen LogP contribution in [-0.4, -0.2) is 25.9 Å². The summed E-state index contributed by atoms with van der Waals surface area (Å²) in [5, 5.41) is 38.5. The number of nitrogens with one attached hydrogen (secondary N) is 1. The topological polar surface area (TPSA) is 132 Å². The number of nitrogens with zero attached hydrogens (tertiary/aromatic N) is 3. The molecule has 3 aliphatic rings. The van der Waals surface area contributed by atoms with E-state index in [2.05, 4.69) is 0 Å². The second kappa shape index (κ2) is 5.87. The molecule has 3 heterocycles. The van der Waals surface area contributed by atoms with Crippen molar-refractivity contribution in [2.75, 3.05) is 14.2 Å². The highest BCUT2D eigenvalue weighted by Crippen LogP contribution is 2.66. The van der Waals surface area contributed by atoms with Crippen LogP contribution in [0.5, 0.6) is 11.5 Å². The summed E-state index contributed by atoms with van der Waals surface area (Å²) >= 11 is 0. The van der Waals surface area contributed by atoms with E-state index in [1.165, 1.54) is 14.2 Å². The van der Waals surface area contributed by atoms with Crippen molar-refractivity contribution in [1.29, 1.82) is 21.2 Å². The second-order valence-electron chi connectivity index (χ2n) is 6.73. The quantitative estimate of drug-likeness (QED) is 0.869. The van der Waals surface area contributed by atoms with Crippen LogP contribution in [0.4, 0.5) is 0 Å². The van der Waals surface area contributed by atoms with Crippen molar-refractivity contribution >= 4 is 5.90 Å². The highest BCUT2D eigenvalue weighted by atomic mass is 16.7. The SMILES string of the molecule is COc1ccc(OC)c([C@@H]2O[C@@]3(C)OC(=N)[C@@]2(C#N)C(C#N)(C#N)[C@H]3C)c1. The van der Waals surface area contributed by atoms with Gasteiger partial charge < -0.3 is 18.9 Å². The number of ether oxygens (including phenoxy) is 4. The van der Waals surface area contributed by atoms with Crippen LogP contribution in [0.3, 0.4) is 0 Å². The van der Waals surface area contributed by atoms with E-state index in [1.807, 2.05) is 18.2 Å². The molecular weight excluding hydrogens is 348 g/mol. The Kier molecular flexibility index (Phi) is 4.03. The van der Waals surface area contributed by atoms with E-state index >= 15 is 0 Å². The molecule has 0 aromatic heterocycles. The maximum Gasteiger partial charge on any atom is 0.215 e. The lowest BCUT2D eigenvalue weighted by Crippen LogP contribution is -2.71. The van der Waals surface area contributed by atoms with Crippen LogP contribution in [0.1, 0.15) is 25.5 Å². The van der Waals surface area contributed by atoms with Gasteiger partial charge in [0.25, 0.3) is 0 Å². The number of rotatable bonds is 3. The Balaban J connectivity index is 2.37. The highest BCUT2D eigenvalue weighted by molar-refractivity contribution is 5.89. The zero-order valence-electron chi connectivity index (χ0n) is 15.4. The van der Waals surface area contributed by atoms with Crippen LogP contribution in [0, 0.1) is 56.2 Å². The highest BCUT2D eigenvalue weighted by Gasteiger charge is 2.78. The van der Waals surface area contributed by atoms with Gasteiger partial charge in [0.1, 0.15) is 17.6 Å². The van der Waals surface area contributed by atoms with Crippen molar-refractivity contribution in [3.05, 3.63) is 23.8 Å². The maximum absolute atomic E-state index is 10.1. The number of nitriles is 3. The van der Waals surface area contributed by atoms with E-state index in [9.17, 15) is 15.8 Å². The van der Waals surface area contributed by atoms with Crippen molar-refractivity contribution in [3.8, 4) is 29.7 Å². The van der Waals surface area contributed by atoms with Gasteiger partial charge in [-0.15, -0.1) is 0 Å². The van der Waals surface area contributed by atoms with E-state index in [-0.39, 0.29) is 0 Å². The fourth-order valence-corrected chi connectivity index (χ4v) is 3.99. The zero-order valence-corrected chi connectivity index (χ0v) is 15.4. The minimum Gasteiger partial charge on any atom is -0.497 e. The smallest absolute Gasteiger partial charge is 0.215 e. The molecule has 4 rings (SSSR count). The minimum absolute atomic E-state index is 0.386. The molecule has 0 radical (unpaired) electrons. The van der Waals surface area contributed by atoms with Gasteiger partial charge >= 0.3 is 0 Å². The molecule has 0 spiro atoms. The van der Waals surface area contributed by atoms with E-state index < -0.39 is 34.5 Å². The van der Waals surface area contributed by atoms with Gasteiger partial charge in [-0.05, 0) is 18.2 Å². The fraction of sp³-hybridized carbons (Fsp3) is 0.474. The molecule has 0 aliphatic carbocycles. The predicted molar refractivity (Wildman–Crippen MR) is 91.5 cm³/mol. The van der Waals surface area contributed by atoms with E-state index in [0.717, 1.165) is 0 Å². The summed E-state index contributed by atoms with van der Waals surface area (Å²) in [6.45, 7) is 3.18. The normalized spacial score (nSPS) is 33.1. The minimum atomic E-state index is -1.96. The van der Waals surface area contributed by atoms with Gasteiger partial charge in [0.05, 0.1) is 38.3 Å². The zero-order chi connectivity index (χ0) is 20.0. The lowest BCUT2D eigenvalue weighted by Gasteiger charge is -2.60. The first kappa shape index (κ1) is 18.5. The molecule has 0 amide bonds. The van der Waals surface area contributed by atoms with Gasteiger partial charge in [-0.3, -0.25) is 5.41 Å².